The zero-order valence-corrected chi connectivity index (χ0v) is 19.5. The number of amides is 1. The van der Waals surface area contributed by atoms with E-state index in [1.807, 2.05) is 12.1 Å². The lowest BCUT2D eigenvalue weighted by atomic mass is 10.2. The van der Waals surface area contributed by atoms with Crippen LogP contribution in [0.3, 0.4) is 0 Å². The van der Waals surface area contributed by atoms with Crippen LogP contribution in [0.1, 0.15) is 10.4 Å². The van der Waals surface area contributed by atoms with Gasteiger partial charge in [-0.15, -0.1) is 0 Å². The van der Waals surface area contributed by atoms with Crippen LogP contribution < -0.4 is 23.8 Å². The number of rotatable bonds is 10. The average molecular weight is 471 g/mol. The lowest BCUT2D eigenvalue weighted by molar-refractivity contribution is 0.0947. The highest BCUT2D eigenvalue weighted by Crippen LogP contribution is 2.26. The van der Waals surface area contributed by atoms with Gasteiger partial charge >= 0.3 is 0 Å². The highest BCUT2D eigenvalue weighted by atomic mass is 32.2. The number of para-hydroxylation sites is 2. The zero-order valence-electron chi connectivity index (χ0n) is 18.6. The lowest BCUT2D eigenvalue weighted by Gasteiger charge is -2.20. The predicted octanol–water partition coefficient (Wildman–Crippen LogP) is 3.34. The van der Waals surface area contributed by atoms with Crippen molar-refractivity contribution >= 4 is 21.6 Å². The molecule has 3 aromatic carbocycles. The molecule has 9 heteroatoms. The van der Waals surface area contributed by atoms with Gasteiger partial charge in [-0.3, -0.25) is 9.10 Å². The van der Waals surface area contributed by atoms with Gasteiger partial charge in [-0.1, -0.05) is 12.1 Å². The number of methoxy groups -OCH3 is 2. The Morgan fingerprint density at radius 2 is 1.52 bits per heavy atom. The number of hydrogen-bond donors (Lipinski definition) is 1. The molecule has 0 aliphatic rings. The first-order valence-corrected chi connectivity index (χ1v) is 11.6. The fourth-order valence-corrected chi connectivity index (χ4v) is 4.23. The molecule has 0 aliphatic carbocycles. The number of sulfonamides is 1. The minimum atomic E-state index is -3.75. The molecule has 0 fully saturated rings. The lowest BCUT2D eigenvalue weighted by Crippen LogP contribution is -2.28. The fraction of sp³-hybridized carbons (Fsp3) is 0.208. The first-order valence-electron chi connectivity index (χ1n) is 10.1. The predicted molar refractivity (Wildman–Crippen MR) is 126 cm³/mol. The molecule has 0 bridgehead atoms. The van der Waals surface area contributed by atoms with Crippen molar-refractivity contribution in [2.24, 2.45) is 0 Å². The van der Waals surface area contributed by atoms with Crippen LogP contribution in [0, 0.1) is 0 Å². The SMILES string of the molecule is COc1ccc(S(=O)(=O)N(C)c2ccc(C(=O)NCCOc3ccccc3OC)cc2)cc1. The number of hydrogen-bond acceptors (Lipinski definition) is 6. The summed E-state index contributed by atoms with van der Waals surface area (Å²) in [6.45, 7) is 0.567. The quantitative estimate of drug-likeness (QED) is 0.457. The zero-order chi connectivity index (χ0) is 23.8. The molecule has 0 saturated carbocycles. The highest BCUT2D eigenvalue weighted by molar-refractivity contribution is 7.92. The van der Waals surface area contributed by atoms with Crippen LogP contribution in [0.2, 0.25) is 0 Å². The van der Waals surface area contributed by atoms with E-state index in [-0.39, 0.29) is 17.4 Å². The van der Waals surface area contributed by atoms with Crippen LogP contribution in [0.5, 0.6) is 17.2 Å². The molecule has 8 nitrogen and oxygen atoms in total. The second-order valence-electron chi connectivity index (χ2n) is 6.95. The average Bonchev–Trinajstić information content (AvgIpc) is 2.86. The standard InChI is InChI=1S/C24H26N2O6S/c1-26(33(28,29)21-14-12-20(30-2)13-15-21)19-10-8-18(9-11-19)24(27)25-16-17-32-23-7-5-4-6-22(23)31-3/h4-15H,16-17H2,1-3H3,(H,25,27). The Kier molecular flexibility index (Phi) is 7.78. The molecule has 1 amide bonds. The van der Waals surface area contributed by atoms with Crippen molar-refractivity contribution in [2.75, 3.05) is 38.7 Å². The van der Waals surface area contributed by atoms with Crippen LogP contribution in [-0.2, 0) is 10.0 Å². The summed E-state index contributed by atoms with van der Waals surface area (Å²) in [5.74, 6) is 1.50. The second kappa shape index (κ2) is 10.7. The van der Waals surface area contributed by atoms with Crippen molar-refractivity contribution in [3.63, 3.8) is 0 Å². The molecule has 0 atom stereocenters. The number of carbonyl (C=O) groups is 1. The van der Waals surface area contributed by atoms with E-state index in [1.165, 1.54) is 26.3 Å². The molecule has 3 aromatic rings. The Bertz CT molecular complexity index is 1180. The Balaban J connectivity index is 1.57. The first-order chi connectivity index (χ1) is 15.9. The summed E-state index contributed by atoms with van der Waals surface area (Å²) in [6, 6.07) is 19.7. The van der Waals surface area contributed by atoms with Gasteiger partial charge in [0.1, 0.15) is 12.4 Å². The van der Waals surface area contributed by atoms with Gasteiger partial charge in [0.05, 0.1) is 31.3 Å². The van der Waals surface area contributed by atoms with E-state index in [2.05, 4.69) is 5.32 Å². The summed E-state index contributed by atoms with van der Waals surface area (Å²) in [6.07, 6.45) is 0. The third kappa shape index (κ3) is 5.75. The molecule has 0 heterocycles. The number of nitrogens with zero attached hydrogens (tertiary/aromatic N) is 1. The molecule has 0 aromatic heterocycles. The van der Waals surface area contributed by atoms with Crippen molar-refractivity contribution in [3.8, 4) is 17.2 Å². The van der Waals surface area contributed by atoms with Crippen LogP contribution >= 0.6 is 0 Å². The monoisotopic (exact) mass is 470 g/mol. The molecular formula is C24H26N2O6S. The van der Waals surface area contributed by atoms with Gasteiger partial charge in [-0.25, -0.2) is 8.42 Å². The molecule has 1 N–H and O–H groups in total. The first kappa shape index (κ1) is 23.9. The Hall–Kier alpha value is -3.72. The van der Waals surface area contributed by atoms with Gasteiger partial charge < -0.3 is 19.5 Å². The Morgan fingerprint density at radius 1 is 0.879 bits per heavy atom. The van der Waals surface area contributed by atoms with E-state index >= 15 is 0 Å². The van der Waals surface area contributed by atoms with Crippen molar-refractivity contribution in [1.29, 1.82) is 0 Å². The maximum Gasteiger partial charge on any atom is 0.264 e. The molecule has 3 rings (SSSR count). The summed E-state index contributed by atoms with van der Waals surface area (Å²) in [5.41, 5.74) is 0.841. The van der Waals surface area contributed by atoms with Crippen LogP contribution in [0.25, 0.3) is 0 Å². The summed E-state index contributed by atoms with van der Waals surface area (Å²) in [5, 5.41) is 2.77. The Labute approximate surface area is 193 Å². The summed E-state index contributed by atoms with van der Waals surface area (Å²) >= 11 is 0. The molecule has 33 heavy (non-hydrogen) atoms. The van der Waals surface area contributed by atoms with E-state index in [0.717, 1.165) is 4.31 Å². The van der Waals surface area contributed by atoms with Crippen LogP contribution in [0.4, 0.5) is 5.69 Å². The number of anilines is 1. The van der Waals surface area contributed by atoms with E-state index in [4.69, 9.17) is 14.2 Å². The fourth-order valence-electron chi connectivity index (χ4n) is 3.03. The number of nitrogens with one attached hydrogen (secondary N) is 1. The second-order valence-corrected chi connectivity index (χ2v) is 8.92. The minimum absolute atomic E-state index is 0.141. The minimum Gasteiger partial charge on any atom is -0.497 e. The summed E-state index contributed by atoms with van der Waals surface area (Å²) in [4.78, 5) is 12.5. The van der Waals surface area contributed by atoms with E-state index < -0.39 is 10.0 Å². The maximum absolute atomic E-state index is 12.9. The molecular weight excluding hydrogens is 444 g/mol. The molecule has 0 saturated heterocycles. The summed E-state index contributed by atoms with van der Waals surface area (Å²) in [7, 11) is 0.790. The smallest absolute Gasteiger partial charge is 0.264 e. The molecule has 0 aliphatic heterocycles. The third-order valence-corrected chi connectivity index (χ3v) is 6.72. The van der Waals surface area contributed by atoms with Crippen LogP contribution in [0.15, 0.2) is 77.7 Å². The molecule has 0 spiro atoms. The maximum atomic E-state index is 12.9. The summed E-state index contributed by atoms with van der Waals surface area (Å²) < 4.78 is 42.8. The number of carbonyl (C=O) groups excluding carboxylic acids is 1. The van der Waals surface area contributed by atoms with Gasteiger partial charge in [-0.2, -0.15) is 0 Å². The van der Waals surface area contributed by atoms with E-state index in [0.29, 0.717) is 35.0 Å². The van der Waals surface area contributed by atoms with Gasteiger partial charge in [0.25, 0.3) is 15.9 Å². The number of benzene rings is 3. The van der Waals surface area contributed by atoms with E-state index in [9.17, 15) is 13.2 Å². The van der Waals surface area contributed by atoms with Crippen molar-refractivity contribution in [1.82, 2.24) is 5.32 Å². The molecule has 0 unspecified atom stereocenters. The van der Waals surface area contributed by atoms with Crippen molar-refractivity contribution in [2.45, 2.75) is 4.90 Å². The molecule has 0 radical (unpaired) electrons. The number of ether oxygens (including phenoxy) is 3. The van der Waals surface area contributed by atoms with Gasteiger partial charge in [-0.05, 0) is 60.7 Å². The van der Waals surface area contributed by atoms with Gasteiger partial charge in [0, 0.05) is 12.6 Å². The largest absolute Gasteiger partial charge is 0.497 e. The van der Waals surface area contributed by atoms with E-state index in [1.54, 1.807) is 55.6 Å². The Morgan fingerprint density at radius 3 is 2.12 bits per heavy atom. The van der Waals surface area contributed by atoms with Crippen molar-refractivity contribution < 1.29 is 27.4 Å². The highest BCUT2D eigenvalue weighted by Gasteiger charge is 2.21. The van der Waals surface area contributed by atoms with Gasteiger partial charge in [0.2, 0.25) is 0 Å². The molecule has 174 valence electrons. The topological polar surface area (TPSA) is 94.2 Å². The van der Waals surface area contributed by atoms with Gasteiger partial charge in [0.15, 0.2) is 11.5 Å². The normalized spacial score (nSPS) is 10.9. The van der Waals surface area contributed by atoms with Crippen molar-refractivity contribution in [3.05, 3.63) is 78.4 Å². The third-order valence-electron chi connectivity index (χ3n) is 4.93. The van der Waals surface area contributed by atoms with Crippen LogP contribution in [-0.4, -0.2) is 48.7 Å².